The lowest BCUT2D eigenvalue weighted by Crippen LogP contribution is -2.28. The lowest BCUT2D eigenvalue weighted by atomic mass is 10.1. The maximum atomic E-state index is 11.3. The SMILES string of the molecule is CC(=O)c1ccc(NCC(C)CN2CCCC2)cc1N. The summed E-state index contributed by atoms with van der Waals surface area (Å²) >= 11 is 0. The number of carbonyl (C=O) groups excluding carboxylic acids is 1. The van der Waals surface area contributed by atoms with Crippen molar-refractivity contribution in [3.8, 4) is 0 Å². The summed E-state index contributed by atoms with van der Waals surface area (Å²) in [6.45, 7) is 8.36. The second-order valence-corrected chi connectivity index (χ2v) is 5.85. The van der Waals surface area contributed by atoms with E-state index in [4.69, 9.17) is 5.73 Å². The molecule has 1 aliphatic heterocycles. The Kier molecular flexibility index (Phi) is 5.01. The lowest BCUT2D eigenvalue weighted by Gasteiger charge is -2.21. The van der Waals surface area contributed by atoms with E-state index in [9.17, 15) is 4.79 Å². The molecule has 110 valence electrons. The Bertz CT molecular complexity index is 467. The van der Waals surface area contributed by atoms with Gasteiger partial charge in [0.2, 0.25) is 0 Å². The minimum Gasteiger partial charge on any atom is -0.398 e. The highest BCUT2D eigenvalue weighted by Gasteiger charge is 2.14. The number of hydrogen-bond donors (Lipinski definition) is 2. The smallest absolute Gasteiger partial charge is 0.161 e. The minimum atomic E-state index is 0.0106. The topological polar surface area (TPSA) is 58.4 Å². The van der Waals surface area contributed by atoms with Crippen molar-refractivity contribution in [1.82, 2.24) is 4.90 Å². The second kappa shape index (κ2) is 6.75. The molecule has 1 aromatic carbocycles. The van der Waals surface area contributed by atoms with Crippen LogP contribution in [0.4, 0.5) is 11.4 Å². The number of Topliss-reactive ketones (excluding diaryl/α,β-unsaturated/α-hetero) is 1. The molecule has 0 saturated carbocycles. The molecule has 1 unspecified atom stereocenters. The van der Waals surface area contributed by atoms with E-state index < -0.39 is 0 Å². The van der Waals surface area contributed by atoms with Crippen LogP contribution in [0.25, 0.3) is 0 Å². The molecule has 3 N–H and O–H groups in total. The summed E-state index contributed by atoms with van der Waals surface area (Å²) in [7, 11) is 0. The van der Waals surface area contributed by atoms with E-state index in [2.05, 4.69) is 17.1 Å². The van der Waals surface area contributed by atoms with Crippen LogP contribution in [-0.4, -0.2) is 36.9 Å². The standard InChI is InChI=1S/C16H25N3O/c1-12(11-19-7-3-4-8-19)10-18-14-5-6-15(13(2)20)16(17)9-14/h5-6,9,12,18H,3-4,7-8,10-11,17H2,1-2H3. The Labute approximate surface area is 121 Å². The molecular formula is C16H25N3O. The highest BCUT2D eigenvalue weighted by atomic mass is 16.1. The summed E-state index contributed by atoms with van der Waals surface area (Å²) in [6, 6.07) is 5.57. The van der Waals surface area contributed by atoms with Crippen molar-refractivity contribution < 1.29 is 4.79 Å². The lowest BCUT2D eigenvalue weighted by molar-refractivity contribution is 0.101. The van der Waals surface area contributed by atoms with E-state index in [1.807, 2.05) is 12.1 Å². The fraction of sp³-hybridized carbons (Fsp3) is 0.562. The molecule has 0 spiro atoms. The number of benzene rings is 1. The zero-order chi connectivity index (χ0) is 14.5. The number of hydrogen-bond acceptors (Lipinski definition) is 4. The molecule has 1 aliphatic rings. The monoisotopic (exact) mass is 275 g/mol. The van der Waals surface area contributed by atoms with Crippen LogP contribution in [0.5, 0.6) is 0 Å². The molecule has 0 aliphatic carbocycles. The molecule has 20 heavy (non-hydrogen) atoms. The highest BCUT2D eigenvalue weighted by Crippen LogP contribution is 2.19. The van der Waals surface area contributed by atoms with Gasteiger partial charge in [0.25, 0.3) is 0 Å². The molecule has 1 aromatic rings. The summed E-state index contributed by atoms with van der Waals surface area (Å²) < 4.78 is 0. The van der Waals surface area contributed by atoms with Gasteiger partial charge in [-0.2, -0.15) is 0 Å². The fourth-order valence-corrected chi connectivity index (χ4v) is 2.76. The predicted octanol–water partition coefficient (Wildman–Crippen LogP) is 2.62. The van der Waals surface area contributed by atoms with Crippen LogP contribution in [0.15, 0.2) is 18.2 Å². The molecule has 2 rings (SSSR count). The van der Waals surface area contributed by atoms with Crippen molar-refractivity contribution in [3.05, 3.63) is 23.8 Å². The predicted molar refractivity (Wildman–Crippen MR) is 84.2 cm³/mol. The molecule has 4 nitrogen and oxygen atoms in total. The Balaban J connectivity index is 1.84. The van der Waals surface area contributed by atoms with Gasteiger partial charge in [-0.1, -0.05) is 6.92 Å². The number of nitrogen functional groups attached to an aromatic ring is 1. The van der Waals surface area contributed by atoms with Crippen LogP contribution in [0.2, 0.25) is 0 Å². The van der Waals surface area contributed by atoms with Crippen LogP contribution < -0.4 is 11.1 Å². The summed E-state index contributed by atoms with van der Waals surface area (Å²) in [4.78, 5) is 13.9. The van der Waals surface area contributed by atoms with Gasteiger partial charge < -0.3 is 16.0 Å². The van der Waals surface area contributed by atoms with Crippen LogP contribution in [0.1, 0.15) is 37.0 Å². The highest BCUT2D eigenvalue weighted by molar-refractivity contribution is 5.99. The first-order chi connectivity index (χ1) is 9.56. The molecule has 0 bridgehead atoms. The molecule has 0 radical (unpaired) electrons. The maximum Gasteiger partial charge on any atom is 0.161 e. The molecule has 1 saturated heterocycles. The van der Waals surface area contributed by atoms with E-state index in [1.165, 1.54) is 32.9 Å². The van der Waals surface area contributed by atoms with E-state index in [0.717, 1.165) is 18.8 Å². The van der Waals surface area contributed by atoms with E-state index in [1.54, 1.807) is 6.07 Å². The molecule has 4 heteroatoms. The molecular weight excluding hydrogens is 250 g/mol. The third-order valence-electron chi connectivity index (χ3n) is 3.85. The zero-order valence-corrected chi connectivity index (χ0v) is 12.5. The third kappa shape index (κ3) is 3.97. The average Bonchev–Trinajstić information content (AvgIpc) is 2.89. The van der Waals surface area contributed by atoms with Crippen molar-refractivity contribution in [2.45, 2.75) is 26.7 Å². The second-order valence-electron chi connectivity index (χ2n) is 5.85. The Morgan fingerprint density at radius 1 is 1.40 bits per heavy atom. The van der Waals surface area contributed by atoms with Crippen LogP contribution >= 0.6 is 0 Å². The van der Waals surface area contributed by atoms with Crippen LogP contribution in [-0.2, 0) is 0 Å². The fourth-order valence-electron chi connectivity index (χ4n) is 2.76. The van der Waals surface area contributed by atoms with Crippen LogP contribution in [0, 0.1) is 5.92 Å². The minimum absolute atomic E-state index is 0.0106. The molecule has 0 aromatic heterocycles. The maximum absolute atomic E-state index is 11.3. The van der Waals surface area contributed by atoms with E-state index in [0.29, 0.717) is 17.2 Å². The van der Waals surface area contributed by atoms with Gasteiger partial charge in [-0.3, -0.25) is 4.79 Å². The van der Waals surface area contributed by atoms with E-state index >= 15 is 0 Å². The number of nitrogens with zero attached hydrogens (tertiary/aromatic N) is 1. The molecule has 1 atom stereocenters. The molecule has 1 heterocycles. The summed E-state index contributed by atoms with van der Waals surface area (Å²) in [5.74, 6) is 0.609. The number of rotatable bonds is 6. The first-order valence-electron chi connectivity index (χ1n) is 7.43. The number of nitrogens with two attached hydrogens (primary N) is 1. The zero-order valence-electron chi connectivity index (χ0n) is 12.5. The largest absolute Gasteiger partial charge is 0.398 e. The third-order valence-corrected chi connectivity index (χ3v) is 3.85. The molecule has 1 fully saturated rings. The summed E-state index contributed by atoms with van der Waals surface area (Å²) in [5, 5.41) is 3.41. The Morgan fingerprint density at radius 2 is 2.10 bits per heavy atom. The van der Waals surface area contributed by atoms with E-state index in [-0.39, 0.29) is 5.78 Å². The number of nitrogens with one attached hydrogen (secondary N) is 1. The Hall–Kier alpha value is -1.55. The van der Waals surface area contributed by atoms with Gasteiger partial charge in [-0.25, -0.2) is 0 Å². The molecule has 0 amide bonds. The summed E-state index contributed by atoms with van der Waals surface area (Å²) in [6.07, 6.45) is 2.67. The van der Waals surface area contributed by atoms with Crippen molar-refractivity contribution in [2.75, 3.05) is 37.2 Å². The number of ketones is 1. The Morgan fingerprint density at radius 3 is 2.70 bits per heavy atom. The van der Waals surface area contributed by atoms with Gasteiger partial charge in [-0.05, 0) is 57.0 Å². The van der Waals surface area contributed by atoms with Crippen molar-refractivity contribution in [1.29, 1.82) is 0 Å². The van der Waals surface area contributed by atoms with Gasteiger partial charge in [0.15, 0.2) is 5.78 Å². The number of likely N-dealkylation sites (tertiary alicyclic amines) is 1. The summed E-state index contributed by atoms with van der Waals surface area (Å²) in [5.41, 5.74) is 8.03. The average molecular weight is 275 g/mol. The van der Waals surface area contributed by atoms with Gasteiger partial charge in [-0.15, -0.1) is 0 Å². The number of anilines is 2. The van der Waals surface area contributed by atoms with Gasteiger partial charge in [0.1, 0.15) is 0 Å². The van der Waals surface area contributed by atoms with Gasteiger partial charge >= 0.3 is 0 Å². The van der Waals surface area contributed by atoms with Crippen molar-refractivity contribution in [2.24, 2.45) is 5.92 Å². The first kappa shape index (κ1) is 14.9. The van der Waals surface area contributed by atoms with Crippen LogP contribution in [0.3, 0.4) is 0 Å². The quantitative estimate of drug-likeness (QED) is 0.619. The van der Waals surface area contributed by atoms with Gasteiger partial charge in [0.05, 0.1) is 0 Å². The van der Waals surface area contributed by atoms with Crippen molar-refractivity contribution in [3.63, 3.8) is 0 Å². The normalized spacial score (nSPS) is 17.1. The number of carbonyl (C=O) groups is 1. The van der Waals surface area contributed by atoms with Gasteiger partial charge in [0, 0.05) is 30.0 Å². The van der Waals surface area contributed by atoms with Crippen molar-refractivity contribution >= 4 is 17.2 Å². The first-order valence-corrected chi connectivity index (χ1v) is 7.43.